The van der Waals surface area contributed by atoms with Crippen molar-refractivity contribution in [1.82, 2.24) is 0 Å². The molecule has 0 saturated heterocycles. The fraction of sp³-hybridized carbons (Fsp3) is 0. The molecular formula is H2BaNdPbTi. The Kier molecular flexibility index (Phi) is 92.0. The van der Waals surface area contributed by atoms with Gasteiger partial charge >= 0.3 is 48.9 Å². The second-order valence-corrected chi connectivity index (χ2v) is 0. The van der Waals surface area contributed by atoms with Crippen LogP contribution in [0.3, 0.4) is 0 Å². The smallest absolute Gasteiger partial charge is 0 e. The van der Waals surface area contributed by atoms with Crippen LogP contribution in [-0.4, -0.2) is 76.2 Å². The van der Waals surface area contributed by atoms with Gasteiger partial charge in [-0.15, -0.1) is 0 Å². The SMILES string of the molecule is [BaH2].[Nd].[Pb].[Ti]. The van der Waals surface area contributed by atoms with Gasteiger partial charge in [-0.25, -0.2) is 0 Å². The van der Waals surface area contributed by atoms with Crippen LogP contribution in [0.4, 0.5) is 0 Å². The standard InChI is InChI=1S/Ba.Nd.Pb.Ti.2H. The molecule has 0 atom stereocenters. The molecule has 4 heteroatoms. The molecule has 0 heterocycles. The van der Waals surface area contributed by atoms with Crippen LogP contribution in [0.25, 0.3) is 0 Å². The molecule has 0 aromatic heterocycles. The predicted molar refractivity (Wildman–Crippen MR) is 14.3 cm³/mol. The van der Waals surface area contributed by atoms with Crippen molar-refractivity contribution in [1.29, 1.82) is 0 Å². The largest absolute Gasteiger partial charge is 0 e. The van der Waals surface area contributed by atoms with Crippen molar-refractivity contribution >= 4 is 76.2 Å². The zero-order valence-corrected chi connectivity index (χ0v) is 10.2. The monoisotopic (exact) mass is 538 g/mol. The van der Waals surface area contributed by atoms with E-state index in [1.807, 2.05) is 0 Å². The maximum atomic E-state index is 0. The molecule has 16 valence electrons. The molecule has 0 aromatic carbocycles. The fourth-order valence-electron chi connectivity index (χ4n) is 0. The molecule has 0 aliphatic rings. The van der Waals surface area contributed by atoms with Crippen LogP contribution in [0, 0.1) is 40.8 Å². The van der Waals surface area contributed by atoms with E-state index in [0.717, 1.165) is 0 Å². The molecule has 0 aliphatic carbocycles. The van der Waals surface area contributed by atoms with E-state index < -0.39 is 0 Å². The Labute approximate surface area is 134 Å². The van der Waals surface area contributed by atoms with E-state index in [9.17, 15) is 0 Å². The van der Waals surface area contributed by atoms with Gasteiger partial charge in [0.05, 0.1) is 0 Å². The molecule has 0 N–H and O–H groups in total. The third kappa shape index (κ3) is 9.75. The number of hydrogen-bond donors (Lipinski definition) is 0. The van der Waals surface area contributed by atoms with Crippen LogP contribution in [0.2, 0.25) is 0 Å². The van der Waals surface area contributed by atoms with Gasteiger partial charge in [0.1, 0.15) is 0 Å². The first-order valence-electron chi connectivity index (χ1n) is 0. The van der Waals surface area contributed by atoms with Crippen molar-refractivity contribution in [3.63, 3.8) is 0 Å². The van der Waals surface area contributed by atoms with E-state index in [1.165, 1.54) is 0 Å². The van der Waals surface area contributed by atoms with Gasteiger partial charge in [0, 0.05) is 89.9 Å². The predicted octanol–water partition coefficient (Wildman–Crippen LogP) is -1.30. The van der Waals surface area contributed by atoms with Gasteiger partial charge in [-0.1, -0.05) is 0 Å². The molecule has 4 heavy (non-hydrogen) atoms. The van der Waals surface area contributed by atoms with Gasteiger partial charge in [0.15, 0.2) is 0 Å². The molecule has 0 spiro atoms. The summed E-state index contributed by atoms with van der Waals surface area (Å²) in [5.74, 6) is 0. The van der Waals surface area contributed by atoms with E-state index in [4.69, 9.17) is 0 Å². The van der Waals surface area contributed by atoms with Crippen LogP contribution < -0.4 is 0 Å². The number of hydrogen-bond acceptors (Lipinski definition) is 0. The Morgan fingerprint density at radius 2 is 1.00 bits per heavy atom. The summed E-state index contributed by atoms with van der Waals surface area (Å²) in [6.45, 7) is 0. The van der Waals surface area contributed by atoms with Gasteiger partial charge in [-0.2, -0.15) is 0 Å². The minimum atomic E-state index is 0. The molecule has 0 unspecified atom stereocenters. The van der Waals surface area contributed by atoms with Gasteiger partial charge in [-0.05, 0) is 0 Å². The molecule has 0 fully saturated rings. The summed E-state index contributed by atoms with van der Waals surface area (Å²) < 4.78 is 0. The zero-order valence-electron chi connectivity index (χ0n) is 1.50. The maximum absolute atomic E-state index is 0. The average Bonchev–Trinajstić information content (AvgIpc) is 0. The van der Waals surface area contributed by atoms with Crippen LogP contribution in [0.1, 0.15) is 0 Å². The summed E-state index contributed by atoms with van der Waals surface area (Å²) >= 11 is 0. The molecule has 0 bridgehead atoms. The molecule has 0 aromatic rings. The third-order valence-corrected chi connectivity index (χ3v) is 0. The topological polar surface area (TPSA) is 0 Å². The minimum absolute atomic E-state index is 0. The Bertz CT molecular complexity index is 8.00. The van der Waals surface area contributed by atoms with Crippen molar-refractivity contribution < 1.29 is 62.6 Å². The van der Waals surface area contributed by atoms with Crippen LogP contribution in [0.15, 0.2) is 0 Å². The van der Waals surface area contributed by atoms with Crippen molar-refractivity contribution in [2.75, 3.05) is 0 Å². The fourth-order valence-corrected chi connectivity index (χ4v) is 0. The van der Waals surface area contributed by atoms with E-state index >= 15 is 0 Å². The molecular weight excluding hydrogens is 537 g/mol. The van der Waals surface area contributed by atoms with Crippen molar-refractivity contribution in [3.8, 4) is 0 Å². The molecule has 4 radical (unpaired) electrons. The second-order valence-electron chi connectivity index (χ2n) is 0. The van der Waals surface area contributed by atoms with E-state index in [0.29, 0.717) is 0 Å². The average molecular weight is 539 g/mol. The summed E-state index contributed by atoms with van der Waals surface area (Å²) in [4.78, 5) is 0. The third-order valence-electron chi connectivity index (χ3n) is 0. The summed E-state index contributed by atoms with van der Waals surface area (Å²) in [7, 11) is 0. The van der Waals surface area contributed by atoms with E-state index in [-0.39, 0.29) is 139 Å². The van der Waals surface area contributed by atoms with Gasteiger partial charge in [0.25, 0.3) is 0 Å². The van der Waals surface area contributed by atoms with Crippen LogP contribution in [0.5, 0.6) is 0 Å². The van der Waals surface area contributed by atoms with Crippen LogP contribution in [-0.2, 0) is 21.7 Å². The normalized spacial score (nSPS) is 0. The summed E-state index contributed by atoms with van der Waals surface area (Å²) in [5, 5.41) is 0. The van der Waals surface area contributed by atoms with Crippen molar-refractivity contribution in [2.24, 2.45) is 0 Å². The van der Waals surface area contributed by atoms with E-state index in [1.54, 1.807) is 0 Å². The van der Waals surface area contributed by atoms with Crippen LogP contribution >= 0.6 is 0 Å². The first-order valence-corrected chi connectivity index (χ1v) is 0. The molecule has 0 aliphatic heterocycles. The Balaban J connectivity index is 0. The van der Waals surface area contributed by atoms with Gasteiger partial charge < -0.3 is 0 Å². The Morgan fingerprint density at radius 1 is 1.00 bits per heavy atom. The first kappa shape index (κ1) is 23.5. The summed E-state index contributed by atoms with van der Waals surface area (Å²) in [6.07, 6.45) is 0. The molecule has 0 amide bonds. The maximum Gasteiger partial charge on any atom is 0 e. The van der Waals surface area contributed by atoms with Gasteiger partial charge in [0.2, 0.25) is 0 Å². The summed E-state index contributed by atoms with van der Waals surface area (Å²) in [5.41, 5.74) is 0. The summed E-state index contributed by atoms with van der Waals surface area (Å²) in [6, 6.07) is 0. The van der Waals surface area contributed by atoms with Crippen molar-refractivity contribution in [2.45, 2.75) is 0 Å². The zero-order chi connectivity index (χ0) is 0. The molecule has 0 nitrogen and oxygen atoms in total. The minimum Gasteiger partial charge on any atom is 0 e. The molecule has 0 saturated carbocycles. The van der Waals surface area contributed by atoms with Crippen molar-refractivity contribution in [3.05, 3.63) is 0 Å². The quantitative estimate of drug-likeness (QED) is 0.337. The second kappa shape index (κ2) is 15.6. The number of rotatable bonds is 0. The Hall–Kier alpha value is 4.56. The molecule has 0 rings (SSSR count). The van der Waals surface area contributed by atoms with Gasteiger partial charge in [-0.3, -0.25) is 0 Å². The first-order chi connectivity index (χ1) is 0. The van der Waals surface area contributed by atoms with E-state index in [2.05, 4.69) is 0 Å². The Morgan fingerprint density at radius 3 is 1.00 bits per heavy atom.